The number of hydrogen-bond acceptors (Lipinski definition) is 2. The van der Waals surface area contributed by atoms with Crippen LogP contribution in [0.25, 0.3) is 6.08 Å². The summed E-state index contributed by atoms with van der Waals surface area (Å²) in [4.78, 5) is 0.302. The van der Waals surface area contributed by atoms with Gasteiger partial charge in [0.15, 0.2) is 0 Å². The van der Waals surface area contributed by atoms with Gasteiger partial charge in [-0.2, -0.15) is 4.31 Å². The number of rotatable bonds is 6. The van der Waals surface area contributed by atoms with E-state index in [1.807, 2.05) is 61.5 Å². The monoisotopic (exact) mass is 397 g/mol. The average Bonchev–Trinajstić information content (AvgIpc) is 2.60. The largest absolute Gasteiger partial charge is 0.244 e. The van der Waals surface area contributed by atoms with Crippen molar-refractivity contribution in [2.75, 3.05) is 13.1 Å². The normalized spacial score (nSPS) is 12.2. The second kappa shape index (κ2) is 9.18. The highest BCUT2D eigenvalue weighted by Crippen LogP contribution is 2.16. The molecule has 0 spiro atoms. The lowest BCUT2D eigenvalue weighted by Crippen LogP contribution is -2.32. The fraction of sp³-hybridized carbons (Fsp3) is 0.273. The molecule has 0 aromatic heterocycles. The molecule has 2 aromatic carbocycles. The molecule has 27 heavy (non-hydrogen) atoms. The van der Waals surface area contributed by atoms with E-state index in [9.17, 15) is 8.42 Å². The van der Waals surface area contributed by atoms with Gasteiger partial charge in [-0.1, -0.05) is 85.7 Å². The maximum absolute atomic E-state index is 13.1. The van der Waals surface area contributed by atoms with Crippen LogP contribution >= 0.6 is 0 Å². The van der Waals surface area contributed by atoms with Crippen molar-refractivity contribution in [3.05, 3.63) is 71.8 Å². The molecule has 0 fully saturated rings. The summed E-state index contributed by atoms with van der Waals surface area (Å²) < 4.78 is 27.6. The van der Waals surface area contributed by atoms with Crippen molar-refractivity contribution in [1.29, 1.82) is 0 Å². The van der Waals surface area contributed by atoms with Gasteiger partial charge < -0.3 is 0 Å². The van der Waals surface area contributed by atoms with Crippen molar-refractivity contribution in [1.82, 2.24) is 4.31 Å². The molecule has 2 aromatic rings. The lowest BCUT2D eigenvalue weighted by Gasteiger charge is -2.19. The molecule has 0 radical (unpaired) electrons. The zero-order chi connectivity index (χ0) is 19.9. The van der Waals surface area contributed by atoms with Crippen LogP contribution in [0, 0.1) is 18.4 Å². The van der Waals surface area contributed by atoms with Crippen molar-refractivity contribution < 1.29 is 8.42 Å². The highest BCUT2D eigenvalue weighted by atomic mass is 32.2. The molecule has 0 aliphatic heterocycles. The molecule has 0 N–H and O–H groups in total. The quantitative estimate of drug-likeness (QED) is 0.528. The first-order valence-electron chi connectivity index (χ1n) is 8.97. The molecule has 0 saturated heterocycles. The van der Waals surface area contributed by atoms with Gasteiger partial charge in [0.25, 0.3) is 0 Å². The first kappa shape index (κ1) is 21.2. The molecule has 0 bridgehead atoms. The van der Waals surface area contributed by atoms with Crippen LogP contribution in [0.1, 0.15) is 11.1 Å². The van der Waals surface area contributed by atoms with E-state index >= 15 is 0 Å². The average molecular weight is 398 g/mol. The van der Waals surface area contributed by atoms with Crippen LogP contribution in [0.5, 0.6) is 0 Å². The minimum atomic E-state index is -3.59. The third-order valence-electron chi connectivity index (χ3n) is 3.80. The molecule has 0 aliphatic carbocycles. The fourth-order valence-corrected chi connectivity index (χ4v) is 4.27. The van der Waals surface area contributed by atoms with Gasteiger partial charge in [-0.05, 0) is 24.6 Å². The third-order valence-corrected chi connectivity index (χ3v) is 6.55. The number of hydrogen-bond donors (Lipinski definition) is 0. The summed E-state index contributed by atoms with van der Waals surface area (Å²) in [6.45, 7) is 8.86. The van der Waals surface area contributed by atoms with Gasteiger partial charge in [-0.15, -0.1) is 5.54 Å². The Kier molecular flexibility index (Phi) is 7.20. The summed E-state index contributed by atoms with van der Waals surface area (Å²) >= 11 is 0. The van der Waals surface area contributed by atoms with Crippen LogP contribution in [-0.2, 0) is 10.0 Å². The topological polar surface area (TPSA) is 37.4 Å². The van der Waals surface area contributed by atoms with Crippen molar-refractivity contribution in [2.45, 2.75) is 31.5 Å². The van der Waals surface area contributed by atoms with Gasteiger partial charge in [-0.3, -0.25) is 0 Å². The first-order valence-corrected chi connectivity index (χ1v) is 13.9. The summed E-state index contributed by atoms with van der Waals surface area (Å²) in [6.07, 6.45) is 3.81. The SMILES string of the molecule is Cc1ccc(S(=O)(=O)N(CC#C[Si](C)(C)C)C/C=C/c2ccccc2)cc1. The van der Waals surface area contributed by atoms with Crippen LogP contribution in [0.3, 0.4) is 0 Å². The molecule has 0 heterocycles. The predicted molar refractivity (Wildman–Crippen MR) is 117 cm³/mol. The van der Waals surface area contributed by atoms with Crippen LogP contribution in [0.2, 0.25) is 19.6 Å². The molecule has 2 rings (SSSR count). The maximum Gasteiger partial charge on any atom is 0.244 e. The second-order valence-corrected chi connectivity index (χ2v) is 14.2. The third kappa shape index (κ3) is 6.83. The molecule has 0 saturated carbocycles. The van der Waals surface area contributed by atoms with E-state index in [-0.39, 0.29) is 13.1 Å². The maximum atomic E-state index is 13.1. The van der Waals surface area contributed by atoms with Gasteiger partial charge in [0.1, 0.15) is 8.07 Å². The second-order valence-electron chi connectivity index (χ2n) is 7.48. The Bertz CT molecular complexity index is 932. The minimum Gasteiger partial charge on any atom is -0.207 e. The number of aryl methyl sites for hydroxylation is 1. The summed E-state index contributed by atoms with van der Waals surface area (Å²) in [7, 11) is -5.15. The first-order chi connectivity index (χ1) is 12.7. The Morgan fingerprint density at radius 1 is 1.00 bits per heavy atom. The lowest BCUT2D eigenvalue weighted by molar-refractivity contribution is 0.478. The standard InChI is InChI=1S/C22H27NO2SSi/c1-20-13-15-22(16-14-20)26(24,25)23(18-9-19-27(2,3)4)17-8-12-21-10-6-5-7-11-21/h5-8,10-16H,17-18H2,1-4H3/b12-8+. The molecule has 142 valence electrons. The summed E-state index contributed by atoms with van der Waals surface area (Å²) in [6, 6.07) is 16.8. The van der Waals surface area contributed by atoms with Crippen molar-refractivity contribution >= 4 is 24.2 Å². The zero-order valence-electron chi connectivity index (χ0n) is 16.4. The van der Waals surface area contributed by atoms with E-state index in [1.54, 1.807) is 12.1 Å². The molecule has 0 unspecified atom stereocenters. The van der Waals surface area contributed by atoms with Gasteiger partial charge in [0, 0.05) is 6.54 Å². The van der Waals surface area contributed by atoms with Gasteiger partial charge in [0.05, 0.1) is 11.4 Å². The number of sulfonamides is 1. The summed E-state index contributed by atoms with van der Waals surface area (Å²) in [5.74, 6) is 3.09. The van der Waals surface area contributed by atoms with E-state index < -0.39 is 18.1 Å². The van der Waals surface area contributed by atoms with Crippen LogP contribution in [0.15, 0.2) is 65.6 Å². The minimum absolute atomic E-state index is 0.194. The van der Waals surface area contributed by atoms with Crippen LogP contribution in [-0.4, -0.2) is 33.9 Å². The Hall–Kier alpha value is -2.13. The number of nitrogens with zero attached hydrogens (tertiary/aromatic N) is 1. The van der Waals surface area contributed by atoms with Crippen LogP contribution in [0.4, 0.5) is 0 Å². The van der Waals surface area contributed by atoms with Crippen molar-refractivity contribution in [3.63, 3.8) is 0 Å². The highest BCUT2D eigenvalue weighted by molar-refractivity contribution is 7.89. The molecular weight excluding hydrogens is 370 g/mol. The Morgan fingerprint density at radius 3 is 2.22 bits per heavy atom. The summed E-state index contributed by atoms with van der Waals surface area (Å²) in [5, 5.41) is 0. The zero-order valence-corrected chi connectivity index (χ0v) is 18.3. The Balaban J connectivity index is 2.26. The lowest BCUT2D eigenvalue weighted by atomic mass is 10.2. The van der Waals surface area contributed by atoms with E-state index in [0.717, 1.165) is 11.1 Å². The van der Waals surface area contributed by atoms with Crippen LogP contribution < -0.4 is 0 Å². The van der Waals surface area contributed by atoms with Crippen molar-refractivity contribution in [2.24, 2.45) is 0 Å². The van der Waals surface area contributed by atoms with E-state index in [4.69, 9.17) is 0 Å². The highest BCUT2D eigenvalue weighted by Gasteiger charge is 2.22. The molecule has 0 amide bonds. The Morgan fingerprint density at radius 2 is 1.63 bits per heavy atom. The molecular formula is C22H27NO2SSi. The molecule has 0 aliphatic rings. The predicted octanol–water partition coefficient (Wildman–Crippen LogP) is 4.58. The summed E-state index contributed by atoms with van der Waals surface area (Å²) in [5.41, 5.74) is 5.32. The molecule has 0 atom stereocenters. The Labute approximate surface area is 164 Å². The fourth-order valence-electron chi connectivity index (χ4n) is 2.37. The van der Waals surface area contributed by atoms with Crippen molar-refractivity contribution in [3.8, 4) is 11.5 Å². The van der Waals surface area contributed by atoms with Gasteiger partial charge in [-0.25, -0.2) is 8.42 Å². The molecule has 3 nitrogen and oxygen atoms in total. The van der Waals surface area contributed by atoms with E-state index in [0.29, 0.717) is 4.90 Å². The van der Waals surface area contributed by atoms with Gasteiger partial charge in [0.2, 0.25) is 10.0 Å². The number of benzene rings is 2. The van der Waals surface area contributed by atoms with E-state index in [2.05, 4.69) is 31.1 Å². The smallest absolute Gasteiger partial charge is 0.207 e. The van der Waals surface area contributed by atoms with E-state index in [1.165, 1.54) is 4.31 Å². The van der Waals surface area contributed by atoms with Gasteiger partial charge >= 0.3 is 0 Å². The molecule has 5 heteroatoms.